The molecule has 0 radical (unpaired) electrons. The first kappa shape index (κ1) is 17.4. The fourth-order valence-corrected chi connectivity index (χ4v) is 4.03. The highest BCUT2D eigenvalue weighted by molar-refractivity contribution is 6.30. The highest BCUT2D eigenvalue weighted by Gasteiger charge is 2.29. The van der Waals surface area contributed by atoms with Gasteiger partial charge in [-0.25, -0.2) is 4.79 Å². The van der Waals surface area contributed by atoms with E-state index in [0.717, 1.165) is 22.2 Å². The van der Waals surface area contributed by atoms with Gasteiger partial charge < -0.3 is 10.0 Å². The second-order valence-corrected chi connectivity index (χ2v) is 7.06. The third-order valence-corrected chi connectivity index (χ3v) is 5.43. The lowest BCUT2D eigenvalue weighted by Gasteiger charge is -2.30. The molecule has 6 nitrogen and oxygen atoms in total. The first-order valence-electron chi connectivity index (χ1n) is 8.72. The molecule has 0 bridgehead atoms. The highest BCUT2D eigenvalue weighted by atomic mass is 35.5. The maximum Gasteiger partial charge on any atom is 0.407 e. The van der Waals surface area contributed by atoms with Crippen LogP contribution in [0.2, 0.25) is 5.02 Å². The number of nitrogens with zero attached hydrogens (tertiary/aromatic N) is 4. The largest absolute Gasteiger partial charge is 0.465 e. The van der Waals surface area contributed by atoms with Crippen LogP contribution in [-0.2, 0) is 0 Å². The summed E-state index contributed by atoms with van der Waals surface area (Å²) in [5.74, 6) is 0.133. The SMILES string of the molecule is N#Cc1c(C2CCN(C(=O)O)CC2)c2ccncc2n1-c1ccc(Cl)cc1. The van der Waals surface area contributed by atoms with Crippen molar-refractivity contribution < 1.29 is 9.90 Å². The van der Waals surface area contributed by atoms with Crippen LogP contribution in [0.1, 0.15) is 30.0 Å². The number of carboxylic acid groups (broad SMARTS) is 1. The molecule has 0 unspecified atom stereocenters. The average Bonchev–Trinajstić information content (AvgIpc) is 3.03. The van der Waals surface area contributed by atoms with Crippen molar-refractivity contribution in [3.05, 3.63) is 59.0 Å². The van der Waals surface area contributed by atoms with Crippen LogP contribution < -0.4 is 0 Å². The Kier molecular flexibility index (Phi) is 4.46. The Morgan fingerprint density at radius 2 is 1.93 bits per heavy atom. The number of aromatic nitrogens is 2. The molecule has 1 N–H and O–H groups in total. The van der Waals surface area contributed by atoms with Gasteiger partial charge in [0, 0.05) is 35.4 Å². The number of hydrogen-bond donors (Lipinski definition) is 1. The molecule has 1 amide bonds. The van der Waals surface area contributed by atoms with Crippen molar-refractivity contribution in [2.75, 3.05) is 13.1 Å². The number of rotatable bonds is 2. The lowest BCUT2D eigenvalue weighted by molar-refractivity contribution is 0.132. The van der Waals surface area contributed by atoms with Gasteiger partial charge in [-0.15, -0.1) is 0 Å². The van der Waals surface area contributed by atoms with E-state index in [2.05, 4.69) is 11.1 Å². The van der Waals surface area contributed by atoms with Crippen LogP contribution in [0.4, 0.5) is 4.79 Å². The Hall–Kier alpha value is -3.04. The zero-order valence-corrected chi connectivity index (χ0v) is 15.2. The van der Waals surface area contributed by atoms with Gasteiger partial charge in [-0.2, -0.15) is 5.26 Å². The number of halogens is 1. The number of carbonyl (C=O) groups is 1. The Morgan fingerprint density at radius 3 is 2.56 bits per heavy atom. The van der Waals surface area contributed by atoms with Crippen molar-refractivity contribution in [2.45, 2.75) is 18.8 Å². The molecule has 1 aliphatic rings. The molecule has 1 aliphatic heterocycles. The molecular formula is C20H17ClN4O2. The van der Waals surface area contributed by atoms with Crippen LogP contribution in [0.15, 0.2) is 42.7 Å². The van der Waals surface area contributed by atoms with E-state index < -0.39 is 6.09 Å². The molecule has 136 valence electrons. The topological polar surface area (TPSA) is 82.2 Å². The molecule has 3 aromatic rings. The van der Waals surface area contributed by atoms with Gasteiger partial charge >= 0.3 is 6.09 Å². The summed E-state index contributed by atoms with van der Waals surface area (Å²) in [4.78, 5) is 16.9. The van der Waals surface area contributed by atoms with Crippen molar-refractivity contribution in [1.82, 2.24) is 14.5 Å². The van der Waals surface area contributed by atoms with Gasteiger partial charge in [-0.05, 0) is 54.7 Å². The molecule has 0 atom stereocenters. The van der Waals surface area contributed by atoms with Gasteiger partial charge in [-0.3, -0.25) is 9.55 Å². The average molecular weight is 381 g/mol. The Morgan fingerprint density at radius 1 is 1.22 bits per heavy atom. The van der Waals surface area contributed by atoms with E-state index in [1.54, 1.807) is 24.5 Å². The number of nitriles is 1. The minimum Gasteiger partial charge on any atom is -0.465 e. The monoisotopic (exact) mass is 380 g/mol. The van der Waals surface area contributed by atoms with Gasteiger partial charge in [0.1, 0.15) is 11.8 Å². The maximum atomic E-state index is 11.2. The number of pyridine rings is 1. The lowest BCUT2D eigenvalue weighted by atomic mass is 9.88. The van der Waals surface area contributed by atoms with Crippen molar-refractivity contribution in [3.8, 4) is 11.8 Å². The van der Waals surface area contributed by atoms with Crippen molar-refractivity contribution >= 4 is 28.6 Å². The number of fused-ring (bicyclic) bond motifs is 1. The molecule has 1 aromatic carbocycles. The fourth-order valence-electron chi connectivity index (χ4n) is 3.90. The van der Waals surface area contributed by atoms with Crippen molar-refractivity contribution in [1.29, 1.82) is 5.26 Å². The second kappa shape index (κ2) is 6.93. The van der Waals surface area contributed by atoms with Crippen LogP contribution in [0, 0.1) is 11.3 Å². The van der Waals surface area contributed by atoms with E-state index in [0.29, 0.717) is 36.6 Å². The second-order valence-electron chi connectivity index (χ2n) is 6.62. The van der Waals surface area contributed by atoms with Gasteiger partial charge in [0.25, 0.3) is 0 Å². The first-order valence-corrected chi connectivity index (χ1v) is 9.10. The van der Waals surface area contributed by atoms with Crippen LogP contribution in [-0.4, -0.2) is 38.7 Å². The summed E-state index contributed by atoms with van der Waals surface area (Å²) in [6.07, 6.45) is 4.00. The molecule has 0 aliphatic carbocycles. The molecule has 0 spiro atoms. The van der Waals surface area contributed by atoms with Crippen LogP contribution in [0.25, 0.3) is 16.6 Å². The molecule has 1 saturated heterocycles. The zero-order valence-electron chi connectivity index (χ0n) is 14.5. The minimum absolute atomic E-state index is 0.133. The predicted octanol–water partition coefficient (Wildman–Crippen LogP) is 4.41. The van der Waals surface area contributed by atoms with Crippen molar-refractivity contribution in [2.24, 2.45) is 0 Å². The molecule has 0 saturated carbocycles. The van der Waals surface area contributed by atoms with E-state index in [4.69, 9.17) is 11.6 Å². The summed E-state index contributed by atoms with van der Waals surface area (Å²) in [6, 6.07) is 11.7. The Balaban J connectivity index is 1.86. The van der Waals surface area contributed by atoms with E-state index in [9.17, 15) is 15.2 Å². The third-order valence-electron chi connectivity index (χ3n) is 5.17. The number of hydrogen-bond acceptors (Lipinski definition) is 3. The van der Waals surface area contributed by atoms with Gasteiger partial charge in [0.2, 0.25) is 0 Å². The number of piperidine rings is 1. The van der Waals surface area contributed by atoms with Crippen molar-refractivity contribution in [3.63, 3.8) is 0 Å². The highest BCUT2D eigenvalue weighted by Crippen LogP contribution is 2.38. The van der Waals surface area contributed by atoms with Gasteiger partial charge in [0.15, 0.2) is 0 Å². The normalized spacial score (nSPS) is 15.0. The van der Waals surface area contributed by atoms with E-state index in [-0.39, 0.29) is 5.92 Å². The maximum absolute atomic E-state index is 11.2. The summed E-state index contributed by atoms with van der Waals surface area (Å²) >= 11 is 6.02. The van der Waals surface area contributed by atoms with Crippen LogP contribution >= 0.6 is 11.6 Å². The fraction of sp³-hybridized carbons (Fsp3) is 0.250. The number of amides is 1. The standard InChI is InChI=1S/C20H17ClN4O2/c21-14-1-3-15(4-2-14)25-17(11-22)19(16-5-8-23-12-18(16)25)13-6-9-24(10-7-13)20(26)27/h1-5,8,12-13H,6-7,9-10H2,(H,26,27). The minimum atomic E-state index is -0.887. The molecule has 3 heterocycles. The van der Waals surface area contributed by atoms with E-state index in [1.807, 2.05) is 22.8 Å². The number of benzene rings is 1. The summed E-state index contributed by atoms with van der Waals surface area (Å²) in [5, 5.41) is 20.8. The van der Waals surface area contributed by atoms with E-state index in [1.165, 1.54) is 4.90 Å². The Labute approximate surface area is 161 Å². The summed E-state index contributed by atoms with van der Waals surface area (Å²) < 4.78 is 1.91. The smallest absolute Gasteiger partial charge is 0.407 e. The van der Waals surface area contributed by atoms with Crippen LogP contribution in [0.5, 0.6) is 0 Å². The summed E-state index contributed by atoms with van der Waals surface area (Å²) in [7, 11) is 0. The zero-order chi connectivity index (χ0) is 19.0. The molecular weight excluding hydrogens is 364 g/mol. The van der Waals surface area contributed by atoms with E-state index >= 15 is 0 Å². The van der Waals surface area contributed by atoms with Gasteiger partial charge in [-0.1, -0.05) is 11.6 Å². The molecule has 7 heteroatoms. The first-order chi connectivity index (χ1) is 13.1. The molecule has 2 aromatic heterocycles. The number of likely N-dealkylation sites (tertiary alicyclic amines) is 1. The van der Waals surface area contributed by atoms with Gasteiger partial charge in [0.05, 0.1) is 11.7 Å². The third kappa shape index (κ3) is 3.00. The van der Waals surface area contributed by atoms with Crippen LogP contribution in [0.3, 0.4) is 0 Å². The summed E-state index contributed by atoms with van der Waals surface area (Å²) in [6.45, 7) is 0.952. The molecule has 27 heavy (non-hydrogen) atoms. The molecule has 1 fully saturated rings. The molecule has 4 rings (SSSR count). The summed E-state index contributed by atoms with van der Waals surface area (Å²) in [5.41, 5.74) is 3.28. The lowest BCUT2D eigenvalue weighted by Crippen LogP contribution is -2.36. The predicted molar refractivity (Wildman–Crippen MR) is 102 cm³/mol. The quantitative estimate of drug-likeness (QED) is 0.713. The Bertz CT molecular complexity index is 1040.